The number of fused-ring (bicyclic) bond motifs is 1. The molecule has 0 saturated carbocycles. The van der Waals surface area contributed by atoms with E-state index in [0.29, 0.717) is 23.5 Å². The van der Waals surface area contributed by atoms with Gasteiger partial charge in [0.2, 0.25) is 10.0 Å². The van der Waals surface area contributed by atoms with Gasteiger partial charge in [-0.25, -0.2) is 13.1 Å². The third-order valence-electron chi connectivity index (χ3n) is 4.82. The summed E-state index contributed by atoms with van der Waals surface area (Å²) in [5.74, 6) is 0.0703. The van der Waals surface area contributed by atoms with Gasteiger partial charge in [0, 0.05) is 36.3 Å². The van der Waals surface area contributed by atoms with Crippen LogP contribution >= 0.6 is 0 Å². The van der Waals surface area contributed by atoms with Crippen LogP contribution < -0.4 is 4.72 Å². The van der Waals surface area contributed by atoms with Crippen molar-refractivity contribution in [2.75, 3.05) is 5.75 Å². The first kappa shape index (κ1) is 21.6. The molecule has 9 heteroatoms. The number of phenolic OH excluding ortho intramolecular Hbond substituents is 1. The van der Waals surface area contributed by atoms with E-state index in [9.17, 15) is 18.3 Å². The maximum atomic E-state index is 12.2. The van der Waals surface area contributed by atoms with Crippen LogP contribution in [0.15, 0.2) is 36.5 Å². The third-order valence-corrected chi connectivity index (χ3v) is 6.15. The van der Waals surface area contributed by atoms with Crippen molar-refractivity contribution < 1.29 is 18.3 Å². The van der Waals surface area contributed by atoms with E-state index in [1.807, 2.05) is 36.7 Å². The van der Waals surface area contributed by atoms with Crippen molar-refractivity contribution in [3.63, 3.8) is 0 Å². The smallest absolute Gasteiger partial charge is 0.257 e. The van der Waals surface area contributed by atoms with Gasteiger partial charge in [0.1, 0.15) is 11.6 Å². The number of aryl methyl sites for hydroxylation is 2. The Morgan fingerprint density at radius 2 is 2.03 bits per heavy atom. The van der Waals surface area contributed by atoms with Gasteiger partial charge in [0.25, 0.3) is 5.91 Å². The van der Waals surface area contributed by atoms with Crippen LogP contribution in [0.1, 0.15) is 37.4 Å². The number of amides is 1. The summed E-state index contributed by atoms with van der Waals surface area (Å²) in [6.45, 7) is 3.79. The topological polar surface area (TPSA) is 106 Å². The van der Waals surface area contributed by atoms with Gasteiger partial charge in [-0.05, 0) is 37.6 Å². The molecule has 0 aliphatic heterocycles. The van der Waals surface area contributed by atoms with Gasteiger partial charge in [-0.15, -0.1) is 0 Å². The molecular formula is C21H26N4O4S. The number of hydrogen-bond acceptors (Lipinski definition) is 5. The molecule has 0 atom stereocenters. The Bertz CT molecular complexity index is 1210. The number of nitrogens with zero attached hydrogens (tertiary/aromatic N) is 3. The van der Waals surface area contributed by atoms with Crippen LogP contribution in [0.2, 0.25) is 0 Å². The molecule has 0 fully saturated rings. The molecule has 1 amide bonds. The summed E-state index contributed by atoms with van der Waals surface area (Å²) in [6, 6.07) is 7.00. The number of sulfonamides is 1. The van der Waals surface area contributed by atoms with Gasteiger partial charge in [-0.2, -0.15) is 5.10 Å². The monoisotopic (exact) mass is 430 g/mol. The molecule has 0 unspecified atom stereocenters. The number of phenols is 1. The van der Waals surface area contributed by atoms with E-state index >= 15 is 0 Å². The van der Waals surface area contributed by atoms with Gasteiger partial charge in [-0.1, -0.05) is 19.8 Å². The Hall–Kier alpha value is -3.07. The van der Waals surface area contributed by atoms with Crippen molar-refractivity contribution in [1.29, 1.82) is 0 Å². The molecule has 2 heterocycles. The minimum Gasteiger partial charge on any atom is -0.508 e. The minimum atomic E-state index is -3.65. The zero-order valence-electron chi connectivity index (χ0n) is 17.3. The summed E-state index contributed by atoms with van der Waals surface area (Å²) in [5.41, 5.74) is 2.15. The van der Waals surface area contributed by atoms with Crippen LogP contribution in [0.5, 0.6) is 5.75 Å². The van der Waals surface area contributed by atoms with Crippen molar-refractivity contribution in [2.24, 2.45) is 7.05 Å². The van der Waals surface area contributed by atoms with Crippen molar-refractivity contribution in [2.45, 2.75) is 33.1 Å². The zero-order valence-corrected chi connectivity index (χ0v) is 18.1. The van der Waals surface area contributed by atoms with E-state index in [2.05, 4.69) is 9.82 Å². The highest BCUT2D eigenvalue weighted by molar-refractivity contribution is 7.90. The second-order valence-electron chi connectivity index (χ2n) is 7.20. The van der Waals surface area contributed by atoms with Gasteiger partial charge in [0.15, 0.2) is 0 Å². The second kappa shape index (κ2) is 8.74. The second-order valence-corrected chi connectivity index (χ2v) is 9.04. The Labute approximate surface area is 175 Å². The molecule has 0 aliphatic carbocycles. The van der Waals surface area contributed by atoms with Crippen LogP contribution in [0.25, 0.3) is 22.8 Å². The van der Waals surface area contributed by atoms with E-state index < -0.39 is 15.9 Å². The lowest BCUT2D eigenvalue weighted by Gasteiger charge is -2.08. The molecule has 0 radical (unpaired) electrons. The Balaban J connectivity index is 1.89. The first-order chi connectivity index (χ1) is 14.2. The molecule has 8 nitrogen and oxygen atoms in total. The van der Waals surface area contributed by atoms with Crippen molar-refractivity contribution in [3.8, 4) is 11.6 Å². The molecule has 30 heavy (non-hydrogen) atoms. The number of unbranched alkanes of at least 4 members (excludes halogenated alkanes) is 2. The fourth-order valence-electron chi connectivity index (χ4n) is 3.38. The molecule has 160 valence electrons. The van der Waals surface area contributed by atoms with Crippen LogP contribution in [-0.4, -0.2) is 39.5 Å². The summed E-state index contributed by atoms with van der Waals surface area (Å²) >= 11 is 0. The summed E-state index contributed by atoms with van der Waals surface area (Å²) in [6.07, 6.45) is 6.83. The molecule has 2 N–H and O–H groups in total. The largest absolute Gasteiger partial charge is 0.508 e. The first-order valence-electron chi connectivity index (χ1n) is 9.78. The molecule has 0 spiro atoms. The lowest BCUT2D eigenvalue weighted by Crippen LogP contribution is -2.31. The fraction of sp³-hybridized carbons (Fsp3) is 0.333. The van der Waals surface area contributed by atoms with Crippen LogP contribution in [0.3, 0.4) is 0 Å². The standard InChI is InChI=1S/C21H26N4O4S/c1-4-5-6-13-30(28,29)23-20(27)10-9-18-15(2)22-24(3)21(18)25-12-11-16-7-8-17(26)14-19(16)25/h7-12,14,26H,4-6,13H2,1-3H3,(H,23,27)/b10-9+. The molecule has 0 bridgehead atoms. The van der Waals surface area contributed by atoms with Crippen molar-refractivity contribution >= 4 is 32.9 Å². The summed E-state index contributed by atoms with van der Waals surface area (Å²) in [4.78, 5) is 12.2. The lowest BCUT2D eigenvalue weighted by atomic mass is 10.2. The third kappa shape index (κ3) is 4.73. The maximum Gasteiger partial charge on any atom is 0.257 e. The predicted molar refractivity (Wildman–Crippen MR) is 117 cm³/mol. The quantitative estimate of drug-likeness (QED) is 0.422. The minimum absolute atomic E-state index is 0.0730. The van der Waals surface area contributed by atoms with Crippen LogP contribution in [0.4, 0.5) is 0 Å². The van der Waals surface area contributed by atoms with E-state index in [1.54, 1.807) is 29.9 Å². The van der Waals surface area contributed by atoms with Gasteiger partial charge in [-0.3, -0.25) is 9.48 Å². The number of rotatable bonds is 8. The highest BCUT2D eigenvalue weighted by atomic mass is 32.2. The summed E-state index contributed by atoms with van der Waals surface area (Å²) < 4.78 is 29.7. The van der Waals surface area contributed by atoms with Crippen molar-refractivity contribution in [1.82, 2.24) is 19.1 Å². The van der Waals surface area contributed by atoms with E-state index in [1.165, 1.54) is 6.08 Å². The molecule has 0 aliphatic rings. The number of carbonyl (C=O) groups excluding carboxylic acids is 1. The molecular weight excluding hydrogens is 404 g/mol. The first-order valence-corrected chi connectivity index (χ1v) is 11.4. The number of benzene rings is 1. The molecule has 2 aromatic heterocycles. The molecule has 3 aromatic rings. The average Bonchev–Trinajstić information content (AvgIpc) is 3.18. The predicted octanol–water partition coefficient (Wildman–Crippen LogP) is 3.03. The van der Waals surface area contributed by atoms with Crippen molar-refractivity contribution in [3.05, 3.63) is 47.8 Å². The SMILES string of the molecule is CCCCCS(=O)(=O)NC(=O)/C=C/c1c(C)nn(C)c1-n1ccc2ccc(O)cc21. The van der Waals surface area contributed by atoms with E-state index in [-0.39, 0.29) is 11.5 Å². The molecule has 0 saturated heterocycles. The summed E-state index contributed by atoms with van der Waals surface area (Å²) in [5, 5.41) is 15.2. The van der Waals surface area contributed by atoms with Gasteiger partial charge in [0.05, 0.1) is 17.0 Å². The molecule has 3 rings (SSSR count). The van der Waals surface area contributed by atoms with E-state index in [4.69, 9.17) is 0 Å². The highest BCUT2D eigenvalue weighted by Gasteiger charge is 2.17. The van der Waals surface area contributed by atoms with E-state index in [0.717, 1.165) is 23.7 Å². The average molecular weight is 431 g/mol. The van der Waals surface area contributed by atoms with Gasteiger partial charge >= 0.3 is 0 Å². The number of aromatic nitrogens is 3. The Morgan fingerprint density at radius 3 is 2.77 bits per heavy atom. The maximum absolute atomic E-state index is 12.2. The van der Waals surface area contributed by atoms with Crippen LogP contribution in [-0.2, 0) is 21.9 Å². The lowest BCUT2D eigenvalue weighted by molar-refractivity contribution is -0.114. The number of nitrogens with one attached hydrogen (secondary N) is 1. The number of carbonyl (C=O) groups is 1. The fourth-order valence-corrected chi connectivity index (χ4v) is 4.44. The van der Waals surface area contributed by atoms with Crippen LogP contribution in [0, 0.1) is 6.92 Å². The Morgan fingerprint density at radius 1 is 1.27 bits per heavy atom. The zero-order chi connectivity index (χ0) is 21.9. The Kier molecular flexibility index (Phi) is 6.31. The number of aromatic hydroxyl groups is 1. The molecule has 1 aromatic carbocycles. The summed E-state index contributed by atoms with van der Waals surface area (Å²) in [7, 11) is -1.87. The number of hydrogen-bond donors (Lipinski definition) is 2. The van der Waals surface area contributed by atoms with Gasteiger partial charge < -0.3 is 9.67 Å². The highest BCUT2D eigenvalue weighted by Crippen LogP contribution is 2.27. The normalized spacial score (nSPS) is 12.1.